The second-order valence-electron chi connectivity index (χ2n) is 1.88. The van der Waals surface area contributed by atoms with Crippen LogP contribution in [-0.2, 0) is 0 Å². The largest absolute Gasteiger partial charge is 0.456 e. The fraction of sp³-hybridized carbons (Fsp3) is 0.200. The van der Waals surface area contributed by atoms with Crippen LogP contribution in [0.15, 0.2) is 22.8 Å². The Balaban J connectivity index is 2.59. The Morgan fingerprint density at radius 1 is 1.45 bits per heavy atom. The molecule has 0 atom stereocenters. The Hall–Kier alpha value is -1.60. The van der Waals surface area contributed by atoms with Crippen LogP contribution in [-0.4, -0.2) is 0 Å². The molecule has 0 unspecified atom stereocenters. The first-order valence-corrected chi connectivity index (χ1v) is 3.46. The standard InChI is InChI=1S/C10H8O/c1-2-3-4-5-7-10-8-6-9-11-10/h6,8-9H,2H2,1H3. The van der Waals surface area contributed by atoms with Crippen molar-refractivity contribution in [2.24, 2.45) is 0 Å². The first kappa shape index (κ1) is 7.51. The molecule has 1 aromatic heterocycles. The molecule has 0 aliphatic heterocycles. The highest BCUT2D eigenvalue weighted by molar-refractivity contribution is 5.34. The molecule has 0 aromatic carbocycles. The van der Waals surface area contributed by atoms with Gasteiger partial charge in [0.2, 0.25) is 0 Å². The Morgan fingerprint density at radius 3 is 3.00 bits per heavy atom. The van der Waals surface area contributed by atoms with Crippen LogP contribution >= 0.6 is 0 Å². The third kappa shape index (κ3) is 2.65. The molecule has 1 rings (SSSR count). The van der Waals surface area contributed by atoms with Crippen molar-refractivity contribution >= 4 is 0 Å². The third-order valence-corrected chi connectivity index (χ3v) is 1.03. The Kier molecular flexibility index (Phi) is 2.90. The smallest absolute Gasteiger partial charge is 0.177 e. The van der Waals surface area contributed by atoms with Crippen LogP contribution in [0.1, 0.15) is 19.1 Å². The van der Waals surface area contributed by atoms with Gasteiger partial charge in [0.05, 0.1) is 6.26 Å². The van der Waals surface area contributed by atoms with E-state index in [0.717, 1.165) is 6.42 Å². The van der Waals surface area contributed by atoms with E-state index in [1.165, 1.54) is 0 Å². The predicted molar refractivity (Wildman–Crippen MR) is 43.7 cm³/mol. The quantitative estimate of drug-likeness (QED) is 0.508. The summed E-state index contributed by atoms with van der Waals surface area (Å²) in [6.07, 6.45) is 2.43. The molecule has 0 amide bonds. The average molecular weight is 144 g/mol. The molecule has 0 saturated carbocycles. The molecule has 0 aliphatic rings. The molecule has 0 saturated heterocycles. The molecule has 0 radical (unpaired) electrons. The zero-order valence-corrected chi connectivity index (χ0v) is 6.35. The van der Waals surface area contributed by atoms with Gasteiger partial charge in [0.15, 0.2) is 5.76 Å². The predicted octanol–water partition coefficient (Wildman–Crippen LogP) is 2.04. The van der Waals surface area contributed by atoms with Crippen molar-refractivity contribution in [3.8, 4) is 23.7 Å². The number of hydrogen-bond donors (Lipinski definition) is 0. The van der Waals surface area contributed by atoms with Gasteiger partial charge in [0.25, 0.3) is 0 Å². The lowest BCUT2D eigenvalue weighted by Crippen LogP contribution is -1.61. The molecule has 0 N–H and O–H groups in total. The van der Waals surface area contributed by atoms with E-state index in [1.54, 1.807) is 18.4 Å². The Labute approximate surface area is 66.4 Å². The normalized spacial score (nSPS) is 7.36. The van der Waals surface area contributed by atoms with Crippen LogP contribution < -0.4 is 0 Å². The van der Waals surface area contributed by atoms with Crippen molar-refractivity contribution in [1.29, 1.82) is 0 Å². The topological polar surface area (TPSA) is 13.1 Å². The summed E-state index contributed by atoms with van der Waals surface area (Å²) >= 11 is 0. The summed E-state index contributed by atoms with van der Waals surface area (Å²) in [7, 11) is 0. The number of furan rings is 1. The molecule has 0 aliphatic carbocycles. The molecule has 11 heavy (non-hydrogen) atoms. The van der Waals surface area contributed by atoms with Crippen LogP contribution in [0, 0.1) is 23.7 Å². The van der Waals surface area contributed by atoms with Gasteiger partial charge in [-0.05, 0) is 29.9 Å². The SMILES string of the molecule is CCC#CC#Cc1ccco1. The monoisotopic (exact) mass is 144 g/mol. The van der Waals surface area contributed by atoms with Gasteiger partial charge in [0, 0.05) is 6.42 Å². The first-order chi connectivity index (χ1) is 5.43. The van der Waals surface area contributed by atoms with Crippen LogP contribution in [0.3, 0.4) is 0 Å². The van der Waals surface area contributed by atoms with E-state index in [1.807, 2.05) is 6.92 Å². The fourth-order valence-corrected chi connectivity index (χ4v) is 0.575. The molecule has 0 spiro atoms. The van der Waals surface area contributed by atoms with Crippen LogP contribution in [0.4, 0.5) is 0 Å². The lowest BCUT2D eigenvalue weighted by Gasteiger charge is -1.71. The van der Waals surface area contributed by atoms with Gasteiger partial charge >= 0.3 is 0 Å². The van der Waals surface area contributed by atoms with Crippen LogP contribution in [0.2, 0.25) is 0 Å². The van der Waals surface area contributed by atoms with Crippen molar-refractivity contribution in [2.75, 3.05) is 0 Å². The summed E-state index contributed by atoms with van der Waals surface area (Å²) in [5.74, 6) is 11.7. The molecule has 1 aromatic rings. The van der Waals surface area contributed by atoms with Crippen molar-refractivity contribution in [1.82, 2.24) is 0 Å². The molecule has 54 valence electrons. The van der Waals surface area contributed by atoms with E-state index in [-0.39, 0.29) is 0 Å². The molecule has 1 heteroatoms. The molecule has 0 bridgehead atoms. The minimum Gasteiger partial charge on any atom is -0.456 e. The van der Waals surface area contributed by atoms with Crippen molar-refractivity contribution < 1.29 is 4.42 Å². The van der Waals surface area contributed by atoms with Gasteiger partial charge < -0.3 is 4.42 Å². The van der Waals surface area contributed by atoms with E-state index in [4.69, 9.17) is 4.42 Å². The van der Waals surface area contributed by atoms with Gasteiger partial charge in [-0.15, -0.1) is 0 Å². The first-order valence-electron chi connectivity index (χ1n) is 3.46. The van der Waals surface area contributed by atoms with E-state index in [0.29, 0.717) is 5.76 Å². The maximum absolute atomic E-state index is 4.97. The molecular formula is C10H8O. The zero-order valence-electron chi connectivity index (χ0n) is 6.35. The summed E-state index contributed by atoms with van der Waals surface area (Å²) in [6.45, 7) is 1.99. The van der Waals surface area contributed by atoms with Crippen LogP contribution in [0.25, 0.3) is 0 Å². The van der Waals surface area contributed by atoms with Crippen molar-refractivity contribution in [3.05, 3.63) is 24.2 Å². The molecular weight excluding hydrogens is 136 g/mol. The average Bonchev–Trinajstić information content (AvgIpc) is 2.50. The lowest BCUT2D eigenvalue weighted by molar-refractivity contribution is 0.554. The van der Waals surface area contributed by atoms with E-state index < -0.39 is 0 Å². The van der Waals surface area contributed by atoms with E-state index in [2.05, 4.69) is 23.7 Å². The summed E-state index contributed by atoms with van der Waals surface area (Å²) in [4.78, 5) is 0. The molecule has 0 fully saturated rings. The summed E-state index contributed by atoms with van der Waals surface area (Å²) in [5, 5.41) is 0. The highest BCUT2D eigenvalue weighted by Gasteiger charge is 1.82. The minimum absolute atomic E-state index is 0.662. The second-order valence-corrected chi connectivity index (χ2v) is 1.88. The Bertz CT molecular complexity index is 311. The van der Waals surface area contributed by atoms with Gasteiger partial charge in [-0.3, -0.25) is 0 Å². The van der Waals surface area contributed by atoms with Crippen LogP contribution in [0.5, 0.6) is 0 Å². The second kappa shape index (κ2) is 4.25. The zero-order chi connectivity index (χ0) is 7.94. The van der Waals surface area contributed by atoms with Crippen molar-refractivity contribution in [3.63, 3.8) is 0 Å². The van der Waals surface area contributed by atoms with Gasteiger partial charge in [0.1, 0.15) is 0 Å². The minimum atomic E-state index is 0.662. The summed E-state index contributed by atoms with van der Waals surface area (Å²) in [5.41, 5.74) is 0. The van der Waals surface area contributed by atoms with Crippen molar-refractivity contribution in [2.45, 2.75) is 13.3 Å². The number of rotatable bonds is 0. The van der Waals surface area contributed by atoms with Gasteiger partial charge in [-0.25, -0.2) is 0 Å². The fourth-order valence-electron chi connectivity index (χ4n) is 0.575. The maximum Gasteiger partial charge on any atom is 0.177 e. The van der Waals surface area contributed by atoms with E-state index in [9.17, 15) is 0 Å². The third-order valence-electron chi connectivity index (χ3n) is 1.03. The highest BCUT2D eigenvalue weighted by Crippen LogP contribution is 1.95. The Morgan fingerprint density at radius 2 is 2.36 bits per heavy atom. The lowest BCUT2D eigenvalue weighted by atomic mass is 10.4. The van der Waals surface area contributed by atoms with Gasteiger partial charge in [-0.2, -0.15) is 0 Å². The number of hydrogen-bond acceptors (Lipinski definition) is 1. The molecule has 1 nitrogen and oxygen atoms in total. The van der Waals surface area contributed by atoms with E-state index >= 15 is 0 Å². The maximum atomic E-state index is 4.97. The summed E-state index contributed by atoms with van der Waals surface area (Å²) < 4.78 is 4.97. The molecule has 1 heterocycles. The van der Waals surface area contributed by atoms with Gasteiger partial charge in [-0.1, -0.05) is 12.8 Å². The highest BCUT2D eigenvalue weighted by atomic mass is 16.3. The summed E-state index contributed by atoms with van der Waals surface area (Å²) in [6, 6.07) is 3.61.